The Morgan fingerprint density at radius 3 is 2.71 bits per heavy atom. The Balaban J connectivity index is 2.00. The number of halogens is 3. The molecule has 1 amide bonds. The van der Waals surface area contributed by atoms with Crippen molar-refractivity contribution in [3.05, 3.63) is 57.3 Å². The number of hydrogen-bond donors (Lipinski definition) is 2. The van der Waals surface area contributed by atoms with Crippen molar-refractivity contribution in [2.75, 3.05) is 11.9 Å². The number of thiocarbonyl (C=S) groups is 1. The number of rotatable bonds is 8. The van der Waals surface area contributed by atoms with E-state index in [1.807, 2.05) is 6.07 Å². The van der Waals surface area contributed by atoms with E-state index in [1.165, 1.54) is 18.2 Å². The molecule has 0 spiro atoms. The molecule has 8 heteroatoms. The van der Waals surface area contributed by atoms with Gasteiger partial charge in [-0.2, -0.15) is 0 Å². The maximum Gasteiger partial charge on any atom is 0.261 e. The number of carbonyl (C=O) groups excluding carboxylic acids is 1. The normalized spacial score (nSPS) is 10.4. The van der Waals surface area contributed by atoms with E-state index >= 15 is 0 Å². The Labute approximate surface area is 182 Å². The Bertz CT molecular complexity index is 851. The molecule has 0 aromatic heterocycles. The van der Waals surface area contributed by atoms with E-state index < -0.39 is 11.7 Å². The van der Waals surface area contributed by atoms with E-state index in [1.54, 1.807) is 12.1 Å². The van der Waals surface area contributed by atoms with Crippen molar-refractivity contribution in [3.63, 3.8) is 0 Å². The summed E-state index contributed by atoms with van der Waals surface area (Å²) in [5.41, 5.74) is 0.837. The molecule has 150 valence electrons. The predicted octanol–water partition coefficient (Wildman–Crippen LogP) is 6.33. The number of anilines is 1. The molecule has 28 heavy (non-hydrogen) atoms. The number of hydrogen-bond acceptors (Lipinski definition) is 3. The van der Waals surface area contributed by atoms with Crippen molar-refractivity contribution in [2.45, 2.75) is 32.6 Å². The minimum Gasteiger partial charge on any atom is -0.493 e. The van der Waals surface area contributed by atoms with Crippen LogP contribution in [0, 0.1) is 5.82 Å². The molecule has 0 saturated carbocycles. The van der Waals surface area contributed by atoms with Gasteiger partial charge in [-0.25, -0.2) is 4.39 Å². The van der Waals surface area contributed by atoms with Crippen LogP contribution in [0.3, 0.4) is 0 Å². The average molecular weight is 488 g/mol. The first-order chi connectivity index (χ1) is 13.4. The van der Waals surface area contributed by atoms with E-state index in [9.17, 15) is 9.18 Å². The van der Waals surface area contributed by atoms with Crippen LogP contribution in [0.5, 0.6) is 5.75 Å². The summed E-state index contributed by atoms with van der Waals surface area (Å²) in [7, 11) is 0. The fourth-order valence-corrected chi connectivity index (χ4v) is 3.18. The standard InChI is InChI=1S/C20H21BrClFN2O2S/c1-2-3-4-5-10-27-18-9-6-13(21)11-15(18)19(26)25-20(28)24-14-7-8-17(23)16(22)12-14/h6-9,11-12H,2-5,10H2,1H3,(H2,24,25,26,28). The smallest absolute Gasteiger partial charge is 0.261 e. The number of carbonyl (C=O) groups is 1. The van der Waals surface area contributed by atoms with E-state index in [-0.39, 0.29) is 10.1 Å². The van der Waals surface area contributed by atoms with Crippen molar-refractivity contribution in [2.24, 2.45) is 0 Å². The maximum atomic E-state index is 13.2. The molecule has 4 nitrogen and oxygen atoms in total. The lowest BCUT2D eigenvalue weighted by atomic mass is 10.2. The molecule has 2 rings (SSSR count). The van der Waals surface area contributed by atoms with Crippen molar-refractivity contribution in [3.8, 4) is 5.75 Å². The lowest BCUT2D eigenvalue weighted by Gasteiger charge is -2.14. The first kappa shape index (κ1) is 22.6. The minimum atomic E-state index is -0.531. The summed E-state index contributed by atoms with van der Waals surface area (Å²) >= 11 is 14.3. The highest BCUT2D eigenvalue weighted by atomic mass is 79.9. The third kappa shape index (κ3) is 7.04. The molecule has 0 radical (unpaired) electrons. The summed E-state index contributed by atoms with van der Waals surface area (Å²) in [6, 6.07) is 9.31. The summed E-state index contributed by atoms with van der Waals surface area (Å²) in [5, 5.41) is 5.44. The van der Waals surface area contributed by atoms with Gasteiger partial charge >= 0.3 is 0 Å². The molecule has 0 aliphatic heterocycles. The highest BCUT2D eigenvalue weighted by molar-refractivity contribution is 9.10. The number of nitrogens with one attached hydrogen (secondary N) is 2. The van der Waals surface area contributed by atoms with Gasteiger partial charge in [0, 0.05) is 10.2 Å². The van der Waals surface area contributed by atoms with E-state index in [0.29, 0.717) is 23.6 Å². The third-order valence-corrected chi connectivity index (χ3v) is 4.83. The van der Waals surface area contributed by atoms with E-state index in [2.05, 4.69) is 33.5 Å². The zero-order valence-electron chi connectivity index (χ0n) is 15.4. The van der Waals surface area contributed by atoms with Gasteiger partial charge in [-0.3, -0.25) is 10.1 Å². The van der Waals surface area contributed by atoms with Gasteiger partial charge < -0.3 is 10.1 Å². The molecule has 0 fully saturated rings. The Kier molecular flexibility index (Phi) is 9.15. The molecule has 0 heterocycles. The highest BCUT2D eigenvalue weighted by Gasteiger charge is 2.15. The minimum absolute atomic E-state index is 0.0372. The Hall–Kier alpha value is -1.70. The van der Waals surface area contributed by atoms with Gasteiger partial charge in [0.15, 0.2) is 5.11 Å². The largest absolute Gasteiger partial charge is 0.493 e. The van der Waals surface area contributed by atoms with Crippen LogP contribution in [-0.4, -0.2) is 17.6 Å². The van der Waals surface area contributed by atoms with Crippen LogP contribution in [0.2, 0.25) is 5.02 Å². The van der Waals surface area contributed by atoms with Crippen LogP contribution in [-0.2, 0) is 0 Å². The molecule has 0 atom stereocenters. The number of ether oxygens (including phenoxy) is 1. The molecule has 0 aliphatic rings. The van der Waals surface area contributed by atoms with E-state index in [0.717, 1.165) is 30.2 Å². The highest BCUT2D eigenvalue weighted by Crippen LogP contribution is 2.24. The van der Waals surface area contributed by atoms with Crippen molar-refractivity contribution < 1.29 is 13.9 Å². The number of amides is 1. The molecule has 0 saturated heterocycles. The van der Waals surface area contributed by atoms with Crippen LogP contribution in [0.15, 0.2) is 40.9 Å². The SMILES string of the molecule is CCCCCCOc1ccc(Br)cc1C(=O)NC(=S)Nc1ccc(F)c(Cl)c1. The molecule has 2 aromatic carbocycles. The van der Waals surface area contributed by atoms with Gasteiger partial charge in [-0.1, -0.05) is 53.7 Å². The molecule has 2 aromatic rings. The second-order valence-corrected chi connectivity index (χ2v) is 7.82. The molecule has 0 aliphatic carbocycles. The topological polar surface area (TPSA) is 50.4 Å². The van der Waals surface area contributed by atoms with Crippen molar-refractivity contribution >= 4 is 56.5 Å². The summed E-state index contributed by atoms with van der Waals surface area (Å²) in [4.78, 5) is 12.6. The molecule has 0 unspecified atom stereocenters. The van der Waals surface area contributed by atoms with Gasteiger partial charge in [0.05, 0.1) is 17.2 Å². The van der Waals surface area contributed by atoms with E-state index in [4.69, 9.17) is 28.6 Å². The predicted molar refractivity (Wildman–Crippen MR) is 119 cm³/mol. The second kappa shape index (κ2) is 11.3. The molecule has 2 N–H and O–H groups in total. The fourth-order valence-electron chi connectivity index (χ4n) is 2.42. The third-order valence-electron chi connectivity index (χ3n) is 3.85. The number of benzene rings is 2. The van der Waals surface area contributed by atoms with Gasteiger partial charge in [-0.15, -0.1) is 0 Å². The van der Waals surface area contributed by atoms with Crippen molar-refractivity contribution in [1.82, 2.24) is 5.32 Å². The average Bonchev–Trinajstić information content (AvgIpc) is 2.65. The monoisotopic (exact) mass is 486 g/mol. The Morgan fingerprint density at radius 1 is 1.21 bits per heavy atom. The Morgan fingerprint density at radius 2 is 2.00 bits per heavy atom. The zero-order valence-corrected chi connectivity index (χ0v) is 18.5. The van der Waals surface area contributed by atoms with Gasteiger partial charge in [0.1, 0.15) is 11.6 Å². The second-order valence-electron chi connectivity index (χ2n) is 6.09. The molecule has 0 bridgehead atoms. The summed E-state index contributed by atoms with van der Waals surface area (Å²) < 4.78 is 19.8. The summed E-state index contributed by atoms with van der Waals surface area (Å²) in [6.07, 6.45) is 4.32. The van der Waals surface area contributed by atoms with Crippen LogP contribution in [0.1, 0.15) is 43.0 Å². The zero-order chi connectivity index (χ0) is 20.5. The lowest BCUT2D eigenvalue weighted by Crippen LogP contribution is -2.34. The first-order valence-corrected chi connectivity index (χ1v) is 10.5. The summed E-state index contributed by atoms with van der Waals surface area (Å²) in [5.74, 6) is -0.447. The number of unbranched alkanes of at least 4 members (excludes halogenated alkanes) is 3. The summed E-state index contributed by atoms with van der Waals surface area (Å²) in [6.45, 7) is 2.69. The maximum absolute atomic E-state index is 13.2. The quantitative estimate of drug-likeness (QED) is 0.337. The van der Waals surface area contributed by atoms with Gasteiger partial charge in [0.25, 0.3) is 5.91 Å². The van der Waals surface area contributed by atoms with Crippen LogP contribution >= 0.6 is 39.7 Å². The van der Waals surface area contributed by atoms with Crippen LogP contribution < -0.4 is 15.4 Å². The van der Waals surface area contributed by atoms with Crippen LogP contribution in [0.4, 0.5) is 10.1 Å². The lowest BCUT2D eigenvalue weighted by molar-refractivity contribution is 0.0973. The van der Waals surface area contributed by atoms with Gasteiger partial charge in [0.2, 0.25) is 0 Å². The van der Waals surface area contributed by atoms with Gasteiger partial charge in [-0.05, 0) is 55.0 Å². The fraction of sp³-hybridized carbons (Fsp3) is 0.300. The van der Waals surface area contributed by atoms with Crippen molar-refractivity contribution in [1.29, 1.82) is 0 Å². The van der Waals surface area contributed by atoms with Crippen LogP contribution in [0.25, 0.3) is 0 Å². The molecular weight excluding hydrogens is 467 g/mol. The first-order valence-electron chi connectivity index (χ1n) is 8.90. The molecular formula is C20H21BrClFN2O2S.